The number of ether oxygens (including phenoxy) is 1. The normalized spacial score (nSPS) is 21.6. The van der Waals surface area contributed by atoms with Crippen molar-refractivity contribution >= 4 is 5.97 Å². The Balaban J connectivity index is 2.54. The van der Waals surface area contributed by atoms with Gasteiger partial charge in [-0.2, -0.15) is 0 Å². The molecule has 0 heterocycles. The van der Waals surface area contributed by atoms with Crippen molar-refractivity contribution in [2.75, 3.05) is 7.11 Å². The average molecular weight is 220 g/mol. The molecule has 0 aliphatic heterocycles. The molecule has 1 unspecified atom stereocenters. The van der Waals surface area contributed by atoms with E-state index in [2.05, 4.69) is 13.8 Å². The molecule has 0 bridgehead atoms. The quantitative estimate of drug-likeness (QED) is 0.833. The topological polar surface area (TPSA) is 46.5 Å². The summed E-state index contributed by atoms with van der Waals surface area (Å²) in [4.78, 5) is 11.2. The van der Waals surface area contributed by atoms with Crippen molar-refractivity contribution in [1.29, 1.82) is 0 Å². The van der Waals surface area contributed by atoms with Gasteiger partial charge in [0.05, 0.1) is 13.0 Å². The molecule has 16 heavy (non-hydrogen) atoms. The van der Waals surface area contributed by atoms with Gasteiger partial charge in [-0.15, -0.1) is 0 Å². The minimum absolute atomic E-state index is 0.0903. The fourth-order valence-electron chi connectivity index (χ4n) is 2.50. The Bertz CT molecular complexity index is 435. The summed E-state index contributed by atoms with van der Waals surface area (Å²) in [6.07, 6.45) is 0.658. The third kappa shape index (κ3) is 1.56. The van der Waals surface area contributed by atoms with Crippen LogP contribution < -0.4 is 4.74 Å². The number of methoxy groups -OCH3 is 1. The fraction of sp³-hybridized carbons (Fsp3) is 0.462. The van der Waals surface area contributed by atoms with Crippen molar-refractivity contribution in [3.8, 4) is 5.75 Å². The number of benzene rings is 1. The fourth-order valence-corrected chi connectivity index (χ4v) is 2.50. The van der Waals surface area contributed by atoms with E-state index in [1.165, 1.54) is 0 Å². The van der Waals surface area contributed by atoms with Crippen LogP contribution in [-0.4, -0.2) is 18.2 Å². The predicted octanol–water partition coefficient (Wildman–Crippen LogP) is 2.54. The number of carbonyl (C=O) groups is 1. The summed E-state index contributed by atoms with van der Waals surface area (Å²) >= 11 is 0. The third-order valence-corrected chi connectivity index (χ3v) is 3.38. The second-order valence-corrected chi connectivity index (χ2v) is 4.93. The Hall–Kier alpha value is -1.51. The van der Waals surface area contributed by atoms with Crippen LogP contribution in [0.2, 0.25) is 0 Å². The van der Waals surface area contributed by atoms with E-state index in [9.17, 15) is 9.90 Å². The Morgan fingerprint density at radius 1 is 1.50 bits per heavy atom. The molecule has 1 aliphatic rings. The number of carboxylic acids is 1. The van der Waals surface area contributed by atoms with Crippen LogP contribution in [0.25, 0.3) is 0 Å². The molecule has 3 nitrogen and oxygen atoms in total. The maximum absolute atomic E-state index is 11.2. The summed E-state index contributed by atoms with van der Waals surface area (Å²) in [6, 6.07) is 5.66. The van der Waals surface area contributed by atoms with E-state index in [0.29, 0.717) is 6.42 Å². The van der Waals surface area contributed by atoms with E-state index in [1.807, 2.05) is 18.2 Å². The second-order valence-electron chi connectivity index (χ2n) is 4.93. The molecule has 1 N–H and O–H groups in total. The van der Waals surface area contributed by atoms with Crippen LogP contribution in [0.15, 0.2) is 18.2 Å². The van der Waals surface area contributed by atoms with Crippen LogP contribution in [0.5, 0.6) is 5.75 Å². The Kier molecular flexibility index (Phi) is 2.41. The van der Waals surface area contributed by atoms with Crippen LogP contribution in [0.3, 0.4) is 0 Å². The van der Waals surface area contributed by atoms with Gasteiger partial charge in [0.25, 0.3) is 0 Å². The van der Waals surface area contributed by atoms with E-state index in [-0.39, 0.29) is 11.3 Å². The lowest BCUT2D eigenvalue weighted by molar-refractivity contribution is -0.139. The molecule has 0 spiro atoms. The Labute approximate surface area is 95.0 Å². The van der Waals surface area contributed by atoms with Gasteiger partial charge in [0.15, 0.2) is 0 Å². The van der Waals surface area contributed by atoms with Crippen LogP contribution in [-0.2, 0) is 10.2 Å². The summed E-state index contributed by atoms with van der Waals surface area (Å²) in [6.45, 7) is 4.16. The second kappa shape index (κ2) is 3.51. The summed E-state index contributed by atoms with van der Waals surface area (Å²) in [5.74, 6) is -0.328. The Morgan fingerprint density at radius 2 is 2.19 bits per heavy atom. The van der Waals surface area contributed by atoms with Gasteiger partial charge in [0, 0.05) is 0 Å². The minimum Gasteiger partial charge on any atom is -0.497 e. The SMILES string of the molecule is COc1ccc2c(c1)C(C)(C)CC2C(=O)O. The molecule has 0 saturated carbocycles. The minimum atomic E-state index is -0.739. The van der Waals surface area contributed by atoms with Gasteiger partial charge in [-0.05, 0) is 35.1 Å². The molecule has 86 valence electrons. The molecule has 0 aromatic heterocycles. The van der Waals surface area contributed by atoms with E-state index < -0.39 is 5.97 Å². The standard InChI is InChI=1S/C13H16O3/c1-13(2)7-10(12(14)15)9-5-4-8(16-3)6-11(9)13/h4-6,10H,7H2,1-3H3,(H,14,15). The smallest absolute Gasteiger partial charge is 0.311 e. The molecule has 0 saturated heterocycles. The molecule has 1 aliphatic carbocycles. The molecule has 0 radical (unpaired) electrons. The van der Waals surface area contributed by atoms with E-state index in [0.717, 1.165) is 16.9 Å². The average Bonchev–Trinajstić information content (AvgIpc) is 2.51. The highest BCUT2D eigenvalue weighted by Crippen LogP contribution is 2.46. The lowest BCUT2D eigenvalue weighted by Gasteiger charge is -2.19. The van der Waals surface area contributed by atoms with Crippen molar-refractivity contribution in [1.82, 2.24) is 0 Å². The third-order valence-electron chi connectivity index (χ3n) is 3.38. The van der Waals surface area contributed by atoms with Crippen molar-refractivity contribution < 1.29 is 14.6 Å². The number of rotatable bonds is 2. The first-order chi connectivity index (χ1) is 7.45. The molecular formula is C13H16O3. The summed E-state index contributed by atoms with van der Waals surface area (Å²) in [5.41, 5.74) is 1.94. The van der Waals surface area contributed by atoms with Crippen molar-refractivity contribution in [3.63, 3.8) is 0 Å². The van der Waals surface area contributed by atoms with Gasteiger partial charge in [-0.25, -0.2) is 0 Å². The lowest BCUT2D eigenvalue weighted by atomic mass is 9.86. The zero-order chi connectivity index (χ0) is 11.9. The molecule has 1 atom stereocenters. The monoisotopic (exact) mass is 220 g/mol. The van der Waals surface area contributed by atoms with Crippen molar-refractivity contribution in [2.24, 2.45) is 0 Å². The molecule has 0 amide bonds. The summed E-state index contributed by atoms with van der Waals surface area (Å²) in [7, 11) is 1.62. The lowest BCUT2D eigenvalue weighted by Crippen LogP contribution is -2.14. The first kappa shape index (κ1) is 11.0. The van der Waals surface area contributed by atoms with Crippen LogP contribution in [0, 0.1) is 0 Å². The number of hydrogen-bond donors (Lipinski definition) is 1. The largest absolute Gasteiger partial charge is 0.497 e. The van der Waals surface area contributed by atoms with E-state index in [4.69, 9.17) is 4.74 Å². The first-order valence-electron chi connectivity index (χ1n) is 5.37. The zero-order valence-corrected chi connectivity index (χ0v) is 9.78. The maximum Gasteiger partial charge on any atom is 0.311 e. The molecule has 2 rings (SSSR count). The van der Waals surface area contributed by atoms with Crippen molar-refractivity contribution in [2.45, 2.75) is 31.6 Å². The molecule has 1 aromatic carbocycles. The zero-order valence-electron chi connectivity index (χ0n) is 9.78. The van der Waals surface area contributed by atoms with Gasteiger partial charge in [0.1, 0.15) is 5.75 Å². The molecule has 1 aromatic rings. The summed E-state index contributed by atoms with van der Waals surface area (Å²) in [5, 5.41) is 9.19. The highest BCUT2D eigenvalue weighted by Gasteiger charge is 2.40. The molecule has 0 fully saturated rings. The highest BCUT2D eigenvalue weighted by atomic mass is 16.5. The highest BCUT2D eigenvalue weighted by molar-refractivity contribution is 5.79. The van der Waals surface area contributed by atoms with E-state index >= 15 is 0 Å². The van der Waals surface area contributed by atoms with Crippen LogP contribution in [0.4, 0.5) is 0 Å². The first-order valence-corrected chi connectivity index (χ1v) is 5.37. The van der Waals surface area contributed by atoms with Gasteiger partial charge in [-0.3, -0.25) is 4.79 Å². The van der Waals surface area contributed by atoms with Gasteiger partial charge < -0.3 is 9.84 Å². The maximum atomic E-state index is 11.2. The summed E-state index contributed by atoms with van der Waals surface area (Å²) < 4.78 is 5.18. The van der Waals surface area contributed by atoms with Gasteiger partial charge in [-0.1, -0.05) is 19.9 Å². The Morgan fingerprint density at radius 3 is 2.75 bits per heavy atom. The molecule has 3 heteroatoms. The molecular weight excluding hydrogens is 204 g/mol. The number of carboxylic acid groups (broad SMARTS) is 1. The van der Waals surface area contributed by atoms with Gasteiger partial charge in [0.2, 0.25) is 0 Å². The van der Waals surface area contributed by atoms with Crippen LogP contribution >= 0.6 is 0 Å². The van der Waals surface area contributed by atoms with Gasteiger partial charge >= 0.3 is 5.97 Å². The number of fused-ring (bicyclic) bond motifs is 1. The number of aliphatic carboxylic acids is 1. The van der Waals surface area contributed by atoms with E-state index in [1.54, 1.807) is 7.11 Å². The van der Waals surface area contributed by atoms with Crippen LogP contribution in [0.1, 0.15) is 37.3 Å². The predicted molar refractivity (Wildman–Crippen MR) is 61.0 cm³/mol. The number of hydrogen-bond acceptors (Lipinski definition) is 2. The van der Waals surface area contributed by atoms with Crippen molar-refractivity contribution in [3.05, 3.63) is 29.3 Å².